The number of rotatable bonds is 4. The Bertz CT molecular complexity index is 1140. The van der Waals surface area contributed by atoms with Crippen LogP contribution < -0.4 is 10.6 Å². The first-order chi connectivity index (χ1) is 13.7. The van der Waals surface area contributed by atoms with Crippen molar-refractivity contribution < 1.29 is 9.59 Å². The van der Waals surface area contributed by atoms with Crippen LogP contribution in [0.3, 0.4) is 0 Å². The largest absolute Gasteiger partial charge is 0.322 e. The van der Waals surface area contributed by atoms with E-state index >= 15 is 0 Å². The van der Waals surface area contributed by atoms with Gasteiger partial charge in [0.05, 0.1) is 0 Å². The SMILES string of the molecule is O=C(Nc1ccccc1)c1ccc2c(C(=O)Nc3ccccc3)cccc2c1. The van der Waals surface area contributed by atoms with Crippen LogP contribution in [0, 0.1) is 0 Å². The molecule has 0 saturated heterocycles. The lowest BCUT2D eigenvalue weighted by molar-refractivity contribution is 0.102. The molecule has 0 bridgehead atoms. The van der Waals surface area contributed by atoms with Gasteiger partial charge in [-0.05, 0) is 53.2 Å². The van der Waals surface area contributed by atoms with Crippen molar-refractivity contribution >= 4 is 34.0 Å². The summed E-state index contributed by atoms with van der Waals surface area (Å²) in [4.78, 5) is 25.2. The third-order valence-corrected chi connectivity index (χ3v) is 4.45. The van der Waals surface area contributed by atoms with Crippen molar-refractivity contribution in [2.45, 2.75) is 0 Å². The standard InChI is InChI=1S/C24H18N2O2/c27-23(25-19-9-3-1-4-10-19)18-14-15-21-17(16-18)8-7-13-22(21)24(28)26-20-11-5-2-6-12-20/h1-16H,(H,25,27)(H,26,28). The Hall–Kier alpha value is -3.92. The lowest BCUT2D eigenvalue weighted by atomic mass is 10.0. The van der Waals surface area contributed by atoms with Gasteiger partial charge in [-0.15, -0.1) is 0 Å². The molecule has 136 valence electrons. The number of hydrogen-bond acceptors (Lipinski definition) is 2. The summed E-state index contributed by atoms with van der Waals surface area (Å²) in [6.45, 7) is 0. The number of anilines is 2. The Kier molecular flexibility index (Phi) is 4.85. The van der Waals surface area contributed by atoms with E-state index < -0.39 is 0 Å². The van der Waals surface area contributed by atoms with Crippen LogP contribution >= 0.6 is 0 Å². The molecule has 4 nitrogen and oxygen atoms in total. The molecule has 0 fully saturated rings. The van der Waals surface area contributed by atoms with Crippen LogP contribution in [0.1, 0.15) is 20.7 Å². The highest BCUT2D eigenvalue weighted by Gasteiger charge is 2.12. The average Bonchev–Trinajstić information content (AvgIpc) is 2.74. The highest BCUT2D eigenvalue weighted by Crippen LogP contribution is 2.22. The van der Waals surface area contributed by atoms with Gasteiger partial charge in [-0.25, -0.2) is 0 Å². The third kappa shape index (κ3) is 3.76. The lowest BCUT2D eigenvalue weighted by Crippen LogP contribution is -2.13. The minimum Gasteiger partial charge on any atom is -0.322 e. The van der Waals surface area contributed by atoms with Gasteiger partial charge in [0.15, 0.2) is 0 Å². The summed E-state index contributed by atoms with van der Waals surface area (Å²) in [7, 11) is 0. The maximum atomic E-state index is 12.7. The molecule has 0 heterocycles. The Morgan fingerprint density at radius 1 is 0.571 bits per heavy atom. The zero-order valence-corrected chi connectivity index (χ0v) is 15.1. The molecule has 0 saturated carbocycles. The van der Waals surface area contributed by atoms with Crippen molar-refractivity contribution in [1.82, 2.24) is 0 Å². The summed E-state index contributed by atoms with van der Waals surface area (Å²) in [6, 6.07) is 29.5. The zero-order chi connectivity index (χ0) is 19.3. The van der Waals surface area contributed by atoms with Gasteiger partial charge in [-0.2, -0.15) is 0 Å². The quantitative estimate of drug-likeness (QED) is 0.512. The van der Waals surface area contributed by atoms with Crippen molar-refractivity contribution in [3.8, 4) is 0 Å². The molecule has 4 heteroatoms. The summed E-state index contributed by atoms with van der Waals surface area (Å²) in [5, 5.41) is 7.41. The van der Waals surface area contributed by atoms with Crippen LogP contribution in [-0.4, -0.2) is 11.8 Å². The van der Waals surface area contributed by atoms with Gasteiger partial charge in [-0.3, -0.25) is 9.59 Å². The second-order valence-corrected chi connectivity index (χ2v) is 6.38. The smallest absolute Gasteiger partial charge is 0.256 e. The number of fused-ring (bicyclic) bond motifs is 1. The number of nitrogens with one attached hydrogen (secondary N) is 2. The molecule has 0 unspecified atom stereocenters. The average molecular weight is 366 g/mol. The predicted octanol–water partition coefficient (Wildman–Crippen LogP) is 5.34. The van der Waals surface area contributed by atoms with Gasteiger partial charge in [0, 0.05) is 22.5 Å². The van der Waals surface area contributed by atoms with Crippen molar-refractivity contribution in [3.05, 3.63) is 108 Å². The van der Waals surface area contributed by atoms with E-state index in [0.29, 0.717) is 11.1 Å². The molecule has 4 aromatic carbocycles. The fourth-order valence-electron chi connectivity index (χ4n) is 3.07. The van der Waals surface area contributed by atoms with E-state index in [1.54, 1.807) is 18.2 Å². The van der Waals surface area contributed by atoms with Crippen LogP contribution in [0.5, 0.6) is 0 Å². The second kappa shape index (κ2) is 7.76. The molecule has 28 heavy (non-hydrogen) atoms. The third-order valence-electron chi connectivity index (χ3n) is 4.45. The van der Waals surface area contributed by atoms with E-state index in [1.165, 1.54) is 0 Å². The molecular formula is C24H18N2O2. The van der Waals surface area contributed by atoms with E-state index in [-0.39, 0.29) is 11.8 Å². The van der Waals surface area contributed by atoms with E-state index in [0.717, 1.165) is 22.1 Å². The van der Waals surface area contributed by atoms with Crippen LogP contribution in [0.15, 0.2) is 97.1 Å². The maximum Gasteiger partial charge on any atom is 0.256 e. The molecule has 0 spiro atoms. The van der Waals surface area contributed by atoms with Gasteiger partial charge in [-0.1, -0.05) is 54.6 Å². The highest BCUT2D eigenvalue weighted by molar-refractivity contribution is 6.14. The van der Waals surface area contributed by atoms with E-state index in [1.807, 2.05) is 78.9 Å². The Balaban J connectivity index is 1.61. The first-order valence-corrected chi connectivity index (χ1v) is 8.96. The van der Waals surface area contributed by atoms with Crippen LogP contribution in [0.4, 0.5) is 11.4 Å². The van der Waals surface area contributed by atoms with Gasteiger partial charge >= 0.3 is 0 Å². The fourth-order valence-corrected chi connectivity index (χ4v) is 3.07. The highest BCUT2D eigenvalue weighted by atomic mass is 16.2. The molecule has 0 aliphatic carbocycles. The number of carbonyl (C=O) groups excluding carboxylic acids is 2. The summed E-state index contributed by atoms with van der Waals surface area (Å²) in [6.07, 6.45) is 0. The van der Waals surface area contributed by atoms with E-state index in [9.17, 15) is 9.59 Å². The summed E-state index contributed by atoms with van der Waals surface area (Å²) in [5.74, 6) is -0.370. The van der Waals surface area contributed by atoms with Crippen molar-refractivity contribution in [2.75, 3.05) is 10.6 Å². The molecule has 0 radical (unpaired) electrons. The molecular weight excluding hydrogens is 348 g/mol. The second-order valence-electron chi connectivity index (χ2n) is 6.38. The summed E-state index contributed by atoms with van der Waals surface area (Å²) < 4.78 is 0. The Morgan fingerprint density at radius 3 is 1.82 bits per heavy atom. The van der Waals surface area contributed by atoms with Crippen LogP contribution in [0.25, 0.3) is 10.8 Å². The number of hydrogen-bond donors (Lipinski definition) is 2. The minimum absolute atomic E-state index is 0.182. The van der Waals surface area contributed by atoms with Crippen molar-refractivity contribution in [1.29, 1.82) is 0 Å². The summed E-state index contributed by atoms with van der Waals surface area (Å²) in [5.41, 5.74) is 2.58. The Labute approximate surface area is 162 Å². The van der Waals surface area contributed by atoms with Gasteiger partial charge in [0.1, 0.15) is 0 Å². The molecule has 2 amide bonds. The minimum atomic E-state index is -0.188. The zero-order valence-electron chi connectivity index (χ0n) is 15.1. The topological polar surface area (TPSA) is 58.2 Å². The van der Waals surface area contributed by atoms with Gasteiger partial charge in [0.25, 0.3) is 11.8 Å². The van der Waals surface area contributed by atoms with E-state index in [4.69, 9.17) is 0 Å². The number of carbonyl (C=O) groups is 2. The van der Waals surface area contributed by atoms with Crippen molar-refractivity contribution in [2.24, 2.45) is 0 Å². The molecule has 4 aromatic rings. The predicted molar refractivity (Wildman–Crippen MR) is 113 cm³/mol. The monoisotopic (exact) mass is 366 g/mol. The number of para-hydroxylation sites is 2. The molecule has 2 N–H and O–H groups in total. The molecule has 4 rings (SSSR count). The first-order valence-electron chi connectivity index (χ1n) is 8.96. The van der Waals surface area contributed by atoms with Crippen molar-refractivity contribution in [3.63, 3.8) is 0 Å². The fraction of sp³-hybridized carbons (Fsp3) is 0. The lowest BCUT2D eigenvalue weighted by Gasteiger charge is -2.10. The molecule has 0 aliphatic heterocycles. The Morgan fingerprint density at radius 2 is 1.18 bits per heavy atom. The van der Waals surface area contributed by atoms with E-state index in [2.05, 4.69) is 10.6 Å². The molecule has 0 aromatic heterocycles. The van der Waals surface area contributed by atoms with Gasteiger partial charge < -0.3 is 10.6 Å². The number of benzene rings is 4. The summed E-state index contributed by atoms with van der Waals surface area (Å²) >= 11 is 0. The van der Waals surface area contributed by atoms with Crippen LogP contribution in [-0.2, 0) is 0 Å². The van der Waals surface area contributed by atoms with Gasteiger partial charge in [0.2, 0.25) is 0 Å². The van der Waals surface area contributed by atoms with Crippen LogP contribution in [0.2, 0.25) is 0 Å². The number of amides is 2. The molecule has 0 aliphatic rings. The molecule has 0 atom stereocenters. The maximum absolute atomic E-state index is 12.7. The normalized spacial score (nSPS) is 10.4. The first kappa shape index (κ1) is 17.5.